The summed E-state index contributed by atoms with van der Waals surface area (Å²) in [4.78, 5) is 2.77. The molecule has 2 aromatic rings. The third-order valence-corrected chi connectivity index (χ3v) is 1.52. The monoisotopic (exact) mass is 167 g/mol. The zero-order valence-electron chi connectivity index (χ0n) is 5.27. The van der Waals surface area contributed by atoms with Crippen molar-refractivity contribution in [3.05, 3.63) is 11.8 Å². The number of H-pyrrole nitrogens is 1. The zero-order chi connectivity index (χ0) is 7.52. The van der Waals surface area contributed by atoms with Gasteiger partial charge >= 0.3 is 0 Å². The van der Waals surface area contributed by atoms with Gasteiger partial charge in [-0.2, -0.15) is 0 Å². The molecule has 0 amide bonds. The molecule has 0 saturated carbocycles. The molecule has 2 aromatic heterocycles. The van der Waals surface area contributed by atoms with Crippen molar-refractivity contribution in [2.75, 3.05) is 5.32 Å². The SMILES string of the molecule is [c]1nnc(Nc2nnc[nH]2)s1. The van der Waals surface area contributed by atoms with Crippen LogP contribution < -0.4 is 5.32 Å². The second kappa shape index (κ2) is 2.62. The average Bonchev–Trinajstić information content (AvgIpc) is 2.60. The molecule has 0 aliphatic carbocycles. The Bertz CT molecular complexity index is 267. The number of rotatable bonds is 2. The van der Waals surface area contributed by atoms with Crippen LogP contribution in [0.25, 0.3) is 0 Å². The highest BCUT2D eigenvalue weighted by Gasteiger charge is 1.98. The Morgan fingerprint density at radius 2 is 2.55 bits per heavy atom. The van der Waals surface area contributed by atoms with Crippen LogP contribution >= 0.6 is 11.3 Å². The van der Waals surface area contributed by atoms with Crippen molar-refractivity contribution < 1.29 is 0 Å². The predicted octanol–water partition coefficient (Wildman–Crippen LogP) is 0.200. The topological polar surface area (TPSA) is 79.4 Å². The first-order chi connectivity index (χ1) is 5.45. The fraction of sp³-hybridized carbons (Fsp3) is 0. The molecule has 11 heavy (non-hydrogen) atoms. The van der Waals surface area contributed by atoms with E-state index in [1.807, 2.05) is 0 Å². The van der Waals surface area contributed by atoms with Gasteiger partial charge in [-0.05, 0) is 0 Å². The van der Waals surface area contributed by atoms with Gasteiger partial charge in [0.05, 0.1) is 0 Å². The minimum absolute atomic E-state index is 0.551. The summed E-state index contributed by atoms with van der Waals surface area (Å²) in [5.74, 6) is 0.551. The smallest absolute Gasteiger partial charge is 0.228 e. The predicted molar refractivity (Wildman–Crippen MR) is 38.4 cm³/mol. The zero-order valence-corrected chi connectivity index (χ0v) is 6.09. The van der Waals surface area contributed by atoms with Gasteiger partial charge in [0.1, 0.15) is 6.33 Å². The molecule has 1 radical (unpaired) electrons. The van der Waals surface area contributed by atoms with Gasteiger partial charge in [0.2, 0.25) is 11.1 Å². The fourth-order valence-corrected chi connectivity index (χ4v) is 0.966. The highest BCUT2D eigenvalue weighted by Crippen LogP contribution is 2.11. The standard InChI is InChI=1S/C4H3N6S/c1-5-3(9-6-1)8-4-10-7-2-11-4/h1H,(H2,5,6,8,9,10). The van der Waals surface area contributed by atoms with Gasteiger partial charge in [0, 0.05) is 0 Å². The molecule has 0 aliphatic rings. The van der Waals surface area contributed by atoms with Crippen LogP contribution in [0.3, 0.4) is 0 Å². The molecule has 0 unspecified atom stereocenters. The molecule has 7 heteroatoms. The van der Waals surface area contributed by atoms with Gasteiger partial charge in [-0.15, -0.1) is 20.4 Å². The van der Waals surface area contributed by atoms with Gasteiger partial charge in [0.25, 0.3) is 0 Å². The lowest BCUT2D eigenvalue weighted by Gasteiger charge is -1.91. The minimum Gasteiger partial charge on any atom is -0.314 e. The first-order valence-electron chi connectivity index (χ1n) is 2.78. The summed E-state index contributed by atoms with van der Waals surface area (Å²) >= 11 is 1.28. The lowest BCUT2D eigenvalue weighted by atomic mass is 11.0. The molecule has 55 valence electrons. The molecule has 0 aromatic carbocycles. The molecular weight excluding hydrogens is 164 g/mol. The van der Waals surface area contributed by atoms with Crippen molar-refractivity contribution >= 4 is 22.4 Å². The van der Waals surface area contributed by atoms with E-state index in [1.165, 1.54) is 17.7 Å². The molecule has 0 aliphatic heterocycles. The summed E-state index contributed by atoms with van der Waals surface area (Å²) < 4.78 is 0. The highest BCUT2D eigenvalue weighted by atomic mass is 32.1. The Balaban J connectivity index is 2.14. The number of anilines is 2. The van der Waals surface area contributed by atoms with Crippen LogP contribution in [0.1, 0.15) is 0 Å². The second-order valence-electron chi connectivity index (χ2n) is 1.66. The van der Waals surface area contributed by atoms with Crippen LogP contribution in [-0.2, 0) is 0 Å². The Kier molecular flexibility index (Phi) is 1.48. The molecule has 0 atom stereocenters. The van der Waals surface area contributed by atoms with Crippen molar-refractivity contribution in [3.63, 3.8) is 0 Å². The molecule has 2 rings (SSSR count). The van der Waals surface area contributed by atoms with E-state index in [0.29, 0.717) is 11.1 Å². The summed E-state index contributed by atoms with van der Waals surface area (Å²) in [5.41, 5.74) is 2.60. The summed E-state index contributed by atoms with van der Waals surface area (Å²) in [6.07, 6.45) is 1.48. The van der Waals surface area contributed by atoms with Crippen molar-refractivity contribution in [1.29, 1.82) is 0 Å². The van der Waals surface area contributed by atoms with Gasteiger partial charge in [0.15, 0.2) is 5.51 Å². The van der Waals surface area contributed by atoms with Crippen LogP contribution in [0, 0.1) is 5.51 Å². The molecular formula is C4H3N6S. The maximum absolute atomic E-state index is 3.71. The Morgan fingerprint density at radius 1 is 1.55 bits per heavy atom. The third-order valence-electron chi connectivity index (χ3n) is 0.966. The highest BCUT2D eigenvalue weighted by molar-refractivity contribution is 7.12. The van der Waals surface area contributed by atoms with E-state index in [2.05, 4.69) is 36.2 Å². The third kappa shape index (κ3) is 1.32. The van der Waals surface area contributed by atoms with E-state index < -0.39 is 0 Å². The van der Waals surface area contributed by atoms with Crippen LogP contribution in [0.15, 0.2) is 6.33 Å². The van der Waals surface area contributed by atoms with Gasteiger partial charge < -0.3 is 4.98 Å². The molecule has 0 fully saturated rings. The summed E-state index contributed by atoms with van der Waals surface area (Å²) in [7, 11) is 0. The van der Waals surface area contributed by atoms with E-state index >= 15 is 0 Å². The van der Waals surface area contributed by atoms with Crippen molar-refractivity contribution in [2.45, 2.75) is 0 Å². The van der Waals surface area contributed by atoms with Crippen molar-refractivity contribution in [3.8, 4) is 0 Å². The summed E-state index contributed by atoms with van der Waals surface area (Å²) in [6, 6.07) is 0. The Hall–Kier alpha value is -1.50. The maximum atomic E-state index is 3.71. The van der Waals surface area contributed by atoms with Crippen molar-refractivity contribution in [1.82, 2.24) is 25.4 Å². The lowest BCUT2D eigenvalue weighted by molar-refractivity contribution is 1.06. The van der Waals surface area contributed by atoms with E-state index in [4.69, 9.17) is 0 Å². The second-order valence-corrected chi connectivity index (χ2v) is 2.43. The van der Waals surface area contributed by atoms with Crippen LogP contribution in [0.5, 0.6) is 0 Å². The van der Waals surface area contributed by atoms with E-state index in [0.717, 1.165) is 0 Å². The molecule has 0 bridgehead atoms. The first-order valence-corrected chi connectivity index (χ1v) is 3.59. The number of aromatic nitrogens is 5. The Labute approximate surface area is 65.7 Å². The molecule has 2 N–H and O–H groups in total. The Morgan fingerprint density at radius 3 is 3.18 bits per heavy atom. The van der Waals surface area contributed by atoms with E-state index in [9.17, 15) is 0 Å². The van der Waals surface area contributed by atoms with Crippen LogP contribution in [0.2, 0.25) is 0 Å². The molecule has 2 heterocycles. The maximum Gasteiger partial charge on any atom is 0.228 e. The van der Waals surface area contributed by atoms with Crippen molar-refractivity contribution in [2.24, 2.45) is 0 Å². The number of nitrogens with zero attached hydrogens (tertiary/aromatic N) is 4. The average molecular weight is 167 g/mol. The van der Waals surface area contributed by atoms with E-state index in [-0.39, 0.29) is 0 Å². The number of hydrogen-bond acceptors (Lipinski definition) is 6. The first kappa shape index (κ1) is 6.23. The lowest BCUT2D eigenvalue weighted by Crippen LogP contribution is -1.91. The van der Waals surface area contributed by atoms with Gasteiger partial charge in [-0.3, -0.25) is 5.32 Å². The molecule has 0 saturated heterocycles. The quantitative estimate of drug-likeness (QED) is 0.667. The number of nitrogens with one attached hydrogen (secondary N) is 2. The van der Waals surface area contributed by atoms with Gasteiger partial charge in [-0.1, -0.05) is 11.3 Å². The fourth-order valence-electron chi connectivity index (χ4n) is 0.568. The van der Waals surface area contributed by atoms with Crippen LogP contribution in [-0.4, -0.2) is 25.4 Å². The van der Waals surface area contributed by atoms with E-state index in [1.54, 1.807) is 0 Å². The number of hydrogen-bond donors (Lipinski definition) is 2. The number of aromatic amines is 1. The molecule has 6 nitrogen and oxygen atoms in total. The van der Waals surface area contributed by atoms with Gasteiger partial charge in [-0.25, -0.2) is 0 Å². The molecule has 0 spiro atoms. The largest absolute Gasteiger partial charge is 0.314 e. The summed E-state index contributed by atoms with van der Waals surface area (Å²) in [5, 5.41) is 18.0. The van der Waals surface area contributed by atoms with Crippen LogP contribution in [0.4, 0.5) is 11.1 Å². The normalized spacial score (nSPS) is 9.82. The minimum atomic E-state index is 0.551. The summed E-state index contributed by atoms with van der Waals surface area (Å²) in [6.45, 7) is 0.